The molecule has 2 N–H and O–H groups in total. The van der Waals surface area contributed by atoms with Crippen molar-refractivity contribution in [2.75, 3.05) is 25.0 Å². The first kappa shape index (κ1) is 16.5. The zero-order valence-corrected chi connectivity index (χ0v) is 13.0. The van der Waals surface area contributed by atoms with Gasteiger partial charge in [0.2, 0.25) is 5.91 Å². The lowest BCUT2D eigenvalue weighted by molar-refractivity contribution is -0.118. The van der Waals surface area contributed by atoms with Crippen LogP contribution in [0.25, 0.3) is 0 Å². The number of amides is 1. The van der Waals surface area contributed by atoms with Crippen molar-refractivity contribution in [3.05, 3.63) is 65.2 Å². The van der Waals surface area contributed by atoms with Gasteiger partial charge in [0.25, 0.3) is 0 Å². The number of aliphatic hydroxyl groups excluding tert-OH is 1. The Balaban J connectivity index is 1.71. The standard InChI is InChI=1S/C18H18F2N2O2/c19-13-5-6-15(20)16(9-13)21-18(24)10-22-8-7-12-3-1-2-4-14(12)17(22)11-23/h1-6,9,17,23H,7-8,10-11H2,(H,21,24). The third-order valence-electron chi connectivity index (χ3n) is 4.25. The number of fused-ring (bicyclic) bond motifs is 1. The highest BCUT2D eigenvalue weighted by Crippen LogP contribution is 2.29. The molecule has 1 heterocycles. The Morgan fingerprint density at radius 1 is 1.25 bits per heavy atom. The summed E-state index contributed by atoms with van der Waals surface area (Å²) in [4.78, 5) is 14.0. The molecule has 24 heavy (non-hydrogen) atoms. The fourth-order valence-electron chi connectivity index (χ4n) is 3.07. The van der Waals surface area contributed by atoms with E-state index < -0.39 is 17.5 Å². The third-order valence-corrected chi connectivity index (χ3v) is 4.25. The van der Waals surface area contributed by atoms with Crippen LogP contribution in [0, 0.1) is 11.6 Å². The Morgan fingerprint density at radius 2 is 2.04 bits per heavy atom. The molecule has 0 saturated heterocycles. The predicted molar refractivity (Wildman–Crippen MR) is 86.5 cm³/mol. The smallest absolute Gasteiger partial charge is 0.238 e. The number of benzene rings is 2. The number of nitrogens with zero attached hydrogens (tertiary/aromatic N) is 1. The van der Waals surface area contributed by atoms with Crippen molar-refractivity contribution in [2.24, 2.45) is 0 Å². The normalized spacial score (nSPS) is 17.4. The average molecular weight is 332 g/mol. The summed E-state index contributed by atoms with van der Waals surface area (Å²) in [6, 6.07) is 10.4. The predicted octanol–water partition coefficient (Wildman–Crippen LogP) is 2.50. The molecule has 0 spiro atoms. The van der Waals surface area contributed by atoms with Crippen molar-refractivity contribution in [2.45, 2.75) is 12.5 Å². The van der Waals surface area contributed by atoms with Crippen LogP contribution in [0.2, 0.25) is 0 Å². The van der Waals surface area contributed by atoms with Gasteiger partial charge in [-0.2, -0.15) is 0 Å². The molecule has 0 fully saturated rings. The summed E-state index contributed by atoms with van der Waals surface area (Å²) in [5, 5.41) is 12.1. The molecule has 1 aliphatic heterocycles. The van der Waals surface area contributed by atoms with Crippen molar-refractivity contribution >= 4 is 11.6 Å². The minimum Gasteiger partial charge on any atom is -0.394 e. The number of aliphatic hydroxyl groups is 1. The second kappa shape index (κ2) is 7.07. The summed E-state index contributed by atoms with van der Waals surface area (Å²) in [7, 11) is 0. The zero-order valence-electron chi connectivity index (χ0n) is 13.0. The summed E-state index contributed by atoms with van der Waals surface area (Å²) >= 11 is 0. The van der Waals surface area contributed by atoms with Crippen LogP contribution in [0.15, 0.2) is 42.5 Å². The molecule has 0 saturated carbocycles. The van der Waals surface area contributed by atoms with Crippen molar-refractivity contribution in [1.29, 1.82) is 0 Å². The molecule has 1 amide bonds. The highest BCUT2D eigenvalue weighted by molar-refractivity contribution is 5.92. The lowest BCUT2D eigenvalue weighted by atomic mass is 9.93. The Kier molecular flexibility index (Phi) is 4.87. The molecule has 1 unspecified atom stereocenters. The lowest BCUT2D eigenvalue weighted by Gasteiger charge is -2.35. The maximum atomic E-state index is 13.6. The monoisotopic (exact) mass is 332 g/mol. The van der Waals surface area contributed by atoms with Crippen molar-refractivity contribution in [1.82, 2.24) is 4.90 Å². The number of carbonyl (C=O) groups is 1. The van der Waals surface area contributed by atoms with Crippen LogP contribution in [0.4, 0.5) is 14.5 Å². The number of carbonyl (C=O) groups excluding carboxylic acids is 1. The fourth-order valence-corrected chi connectivity index (χ4v) is 3.07. The number of anilines is 1. The summed E-state index contributed by atoms with van der Waals surface area (Å²) in [6.45, 7) is 0.495. The molecule has 0 aromatic heterocycles. The molecule has 0 bridgehead atoms. The first-order valence-corrected chi connectivity index (χ1v) is 7.76. The van der Waals surface area contributed by atoms with Crippen molar-refractivity contribution < 1.29 is 18.7 Å². The van der Waals surface area contributed by atoms with Gasteiger partial charge in [-0.1, -0.05) is 24.3 Å². The van der Waals surface area contributed by atoms with E-state index in [4.69, 9.17) is 0 Å². The van der Waals surface area contributed by atoms with Crippen molar-refractivity contribution in [3.63, 3.8) is 0 Å². The second-order valence-corrected chi connectivity index (χ2v) is 5.79. The van der Waals surface area contributed by atoms with Crippen LogP contribution in [0.1, 0.15) is 17.2 Å². The number of hydrogen-bond acceptors (Lipinski definition) is 3. The second-order valence-electron chi connectivity index (χ2n) is 5.79. The molecule has 1 atom stereocenters. The van der Waals surface area contributed by atoms with Crippen LogP contribution < -0.4 is 5.32 Å². The van der Waals surface area contributed by atoms with Gasteiger partial charge in [-0.3, -0.25) is 9.69 Å². The molecule has 1 aliphatic rings. The van der Waals surface area contributed by atoms with Crippen LogP contribution in [0.5, 0.6) is 0 Å². The topological polar surface area (TPSA) is 52.6 Å². The van der Waals surface area contributed by atoms with Gasteiger partial charge in [0.05, 0.1) is 24.9 Å². The minimum atomic E-state index is -0.688. The van der Waals surface area contributed by atoms with Gasteiger partial charge in [0, 0.05) is 12.6 Å². The van der Waals surface area contributed by atoms with E-state index in [1.165, 1.54) is 0 Å². The van der Waals surface area contributed by atoms with E-state index in [-0.39, 0.29) is 24.9 Å². The van der Waals surface area contributed by atoms with Gasteiger partial charge in [-0.25, -0.2) is 8.78 Å². The van der Waals surface area contributed by atoms with Gasteiger partial charge in [0.1, 0.15) is 11.6 Å². The quantitative estimate of drug-likeness (QED) is 0.904. The Hall–Kier alpha value is -2.31. The van der Waals surface area contributed by atoms with Crippen LogP contribution >= 0.6 is 0 Å². The van der Waals surface area contributed by atoms with Gasteiger partial charge in [-0.05, 0) is 29.7 Å². The minimum absolute atomic E-state index is 0.00445. The number of rotatable bonds is 4. The average Bonchev–Trinajstić information content (AvgIpc) is 2.58. The largest absolute Gasteiger partial charge is 0.394 e. The maximum Gasteiger partial charge on any atom is 0.238 e. The van der Waals surface area contributed by atoms with E-state index in [1.807, 2.05) is 29.2 Å². The number of nitrogens with one attached hydrogen (secondary N) is 1. The van der Waals surface area contributed by atoms with E-state index in [0.717, 1.165) is 35.7 Å². The van der Waals surface area contributed by atoms with Gasteiger partial charge < -0.3 is 10.4 Å². The molecule has 4 nitrogen and oxygen atoms in total. The van der Waals surface area contributed by atoms with E-state index >= 15 is 0 Å². The first-order chi connectivity index (χ1) is 11.6. The number of halogens is 2. The fraction of sp³-hybridized carbons (Fsp3) is 0.278. The molecule has 2 aromatic carbocycles. The molecule has 0 aliphatic carbocycles. The third kappa shape index (κ3) is 3.44. The highest BCUT2D eigenvalue weighted by Gasteiger charge is 2.28. The van der Waals surface area contributed by atoms with E-state index in [2.05, 4.69) is 5.32 Å². The van der Waals surface area contributed by atoms with E-state index in [1.54, 1.807) is 0 Å². The lowest BCUT2D eigenvalue weighted by Crippen LogP contribution is -2.42. The molecule has 3 rings (SSSR count). The highest BCUT2D eigenvalue weighted by atomic mass is 19.1. The SMILES string of the molecule is O=C(CN1CCc2ccccc2C1CO)Nc1cc(F)ccc1F. The zero-order chi connectivity index (χ0) is 17.1. The van der Waals surface area contributed by atoms with Crippen LogP contribution in [0.3, 0.4) is 0 Å². The van der Waals surface area contributed by atoms with Crippen molar-refractivity contribution in [3.8, 4) is 0 Å². The Bertz CT molecular complexity index is 752. The van der Waals surface area contributed by atoms with Gasteiger partial charge >= 0.3 is 0 Å². The summed E-state index contributed by atoms with van der Waals surface area (Å²) < 4.78 is 26.8. The molecule has 2 aromatic rings. The van der Waals surface area contributed by atoms with E-state index in [0.29, 0.717) is 6.54 Å². The van der Waals surface area contributed by atoms with Gasteiger partial charge in [-0.15, -0.1) is 0 Å². The molecule has 6 heteroatoms. The molecular formula is C18H18F2N2O2. The Morgan fingerprint density at radius 3 is 2.83 bits per heavy atom. The Labute approximate surface area is 138 Å². The molecule has 0 radical (unpaired) electrons. The van der Waals surface area contributed by atoms with E-state index in [9.17, 15) is 18.7 Å². The first-order valence-electron chi connectivity index (χ1n) is 7.76. The molecule has 126 valence electrons. The summed E-state index contributed by atoms with van der Waals surface area (Å²) in [5.74, 6) is -1.75. The summed E-state index contributed by atoms with van der Waals surface area (Å²) in [5.41, 5.74) is 1.97. The number of hydrogen-bond donors (Lipinski definition) is 2. The summed E-state index contributed by atoms with van der Waals surface area (Å²) in [6.07, 6.45) is 0.772. The van der Waals surface area contributed by atoms with Gasteiger partial charge in [0.15, 0.2) is 0 Å². The maximum absolute atomic E-state index is 13.6. The molecular weight excluding hydrogens is 314 g/mol. The van der Waals surface area contributed by atoms with Crippen LogP contribution in [-0.4, -0.2) is 35.6 Å². The van der Waals surface area contributed by atoms with Crippen LogP contribution in [-0.2, 0) is 11.2 Å².